The van der Waals surface area contributed by atoms with Gasteiger partial charge in [0.1, 0.15) is 11.3 Å². The van der Waals surface area contributed by atoms with E-state index in [0.717, 1.165) is 0 Å². The van der Waals surface area contributed by atoms with Crippen molar-refractivity contribution in [2.24, 2.45) is 0 Å². The highest BCUT2D eigenvalue weighted by Crippen LogP contribution is 2.48. The van der Waals surface area contributed by atoms with E-state index in [1.165, 1.54) is 36.4 Å². The molecule has 0 saturated heterocycles. The molecule has 160 valence electrons. The van der Waals surface area contributed by atoms with Crippen molar-refractivity contribution in [2.45, 2.75) is 20.3 Å². The first kappa shape index (κ1) is 21.7. The lowest BCUT2D eigenvalue weighted by Gasteiger charge is -2.18. The van der Waals surface area contributed by atoms with E-state index in [4.69, 9.17) is 13.7 Å². The molecule has 1 heterocycles. The molecule has 0 aliphatic heterocycles. The van der Waals surface area contributed by atoms with Gasteiger partial charge in [-0.2, -0.15) is 0 Å². The van der Waals surface area contributed by atoms with E-state index in [-0.39, 0.29) is 52.5 Å². The molecule has 3 N–H and O–H groups in total. The third-order valence-electron chi connectivity index (χ3n) is 4.42. The second kappa shape index (κ2) is 8.81. The second-order valence-corrected chi connectivity index (χ2v) is 9.29. The summed E-state index contributed by atoms with van der Waals surface area (Å²) in [5, 5.41) is 30.2. The Morgan fingerprint density at radius 1 is 1.07 bits per heavy atom. The van der Waals surface area contributed by atoms with Crippen LogP contribution in [0.15, 0.2) is 45.6 Å². The Hall–Kier alpha value is -2.96. The molecule has 1 unspecified atom stereocenters. The molecule has 0 aliphatic rings. The van der Waals surface area contributed by atoms with Crippen molar-refractivity contribution in [2.75, 3.05) is 19.1 Å². The minimum atomic E-state index is -3.03. The molecule has 1 atom stereocenters. The van der Waals surface area contributed by atoms with Crippen LogP contribution in [0.5, 0.6) is 23.0 Å². The molecule has 0 saturated carbocycles. The molecule has 3 rings (SSSR count). The van der Waals surface area contributed by atoms with Gasteiger partial charge in [0, 0.05) is 17.8 Å². The maximum atomic E-state index is 12.8. The SMILES string of the molecule is CCCP(=O)(COc1cc(-c2oc3cc(O)ccc3c(=O)c2O)ccc1O)OCC. The van der Waals surface area contributed by atoms with Gasteiger partial charge in [0.25, 0.3) is 0 Å². The highest BCUT2D eigenvalue weighted by molar-refractivity contribution is 7.58. The minimum absolute atomic E-state index is 0.00147. The average molecular weight is 434 g/mol. The maximum absolute atomic E-state index is 12.8. The zero-order chi connectivity index (χ0) is 21.9. The number of benzene rings is 2. The zero-order valence-corrected chi connectivity index (χ0v) is 17.5. The van der Waals surface area contributed by atoms with Gasteiger partial charge in [-0.15, -0.1) is 0 Å². The summed E-state index contributed by atoms with van der Waals surface area (Å²) >= 11 is 0. The third kappa shape index (κ3) is 4.45. The van der Waals surface area contributed by atoms with Crippen LogP contribution in [0.1, 0.15) is 20.3 Å². The number of phenolic OH excluding ortho intramolecular Hbond substituents is 2. The monoisotopic (exact) mass is 434 g/mol. The normalized spacial score (nSPS) is 13.3. The van der Waals surface area contributed by atoms with E-state index >= 15 is 0 Å². The molecule has 2 aromatic carbocycles. The summed E-state index contributed by atoms with van der Waals surface area (Å²) in [5.41, 5.74) is -0.318. The highest BCUT2D eigenvalue weighted by atomic mass is 31.2. The highest BCUT2D eigenvalue weighted by Gasteiger charge is 2.24. The van der Waals surface area contributed by atoms with Gasteiger partial charge in [0.15, 0.2) is 23.6 Å². The fourth-order valence-corrected chi connectivity index (χ4v) is 4.87. The quantitative estimate of drug-likeness (QED) is 0.438. The van der Waals surface area contributed by atoms with E-state index < -0.39 is 18.5 Å². The number of aromatic hydroxyl groups is 3. The molecule has 3 aromatic rings. The summed E-state index contributed by atoms with van der Waals surface area (Å²) in [6, 6.07) is 8.04. The first-order valence-electron chi connectivity index (χ1n) is 9.45. The summed E-state index contributed by atoms with van der Waals surface area (Å²) in [6.07, 6.45) is 0.758. The first-order chi connectivity index (χ1) is 14.3. The van der Waals surface area contributed by atoms with Crippen LogP contribution in [0.4, 0.5) is 0 Å². The van der Waals surface area contributed by atoms with E-state index in [9.17, 15) is 24.7 Å². The van der Waals surface area contributed by atoms with Crippen molar-refractivity contribution in [3.05, 3.63) is 46.6 Å². The van der Waals surface area contributed by atoms with Crippen LogP contribution in [0.2, 0.25) is 0 Å². The topological polar surface area (TPSA) is 126 Å². The smallest absolute Gasteiger partial charge is 0.239 e. The molecule has 30 heavy (non-hydrogen) atoms. The standard InChI is InChI=1S/C21H23O8P/c1-3-9-30(26,28-4-2)12-27-18-10-13(5-8-16(18)23)21-20(25)19(24)15-7-6-14(22)11-17(15)29-21/h5-8,10-11,22-23,25H,3-4,9,12H2,1-2H3. The Bertz CT molecular complexity index is 1160. The van der Waals surface area contributed by atoms with Gasteiger partial charge in [0.2, 0.25) is 18.5 Å². The van der Waals surface area contributed by atoms with Crippen molar-refractivity contribution < 1.29 is 33.6 Å². The van der Waals surface area contributed by atoms with Gasteiger partial charge in [-0.1, -0.05) is 6.92 Å². The van der Waals surface area contributed by atoms with E-state index in [1.54, 1.807) is 6.92 Å². The molecule has 1 aromatic heterocycles. The Kier molecular flexibility index (Phi) is 6.39. The van der Waals surface area contributed by atoms with Crippen molar-refractivity contribution in [1.82, 2.24) is 0 Å². The van der Waals surface area contributed by atoms with Crippen LogP contribution in [0.25, 0.3) is 22.3 Å². The van der Waals surface area contributed by atoms with Gasteiger partial charge in [-0.3, -0.25) is 9.36 Å². The molecule has 0 aliphatic carbocycles. The molecular formula is C21H23O8P. The second-order valence-electron chi connectivity index (χ2n) is 6.70. The van der Waals surface area contributed by atoms with E-state index in [1.807, 2.05) is 6.92 Å². The number of rotatable bonds is 8. The maximum Gasteiger partial charge on any atom is 0.239 e. The lowest BCUT2D eigenvalue weighted by molar-refractivity contribution is 0.287. The molecule has 8 nitrogen and oxygen atoms in total. The van der Waals surface area contributed by atoms with Crippen LogP contribution >= 0.6 is 7.37 Å². The Morgan fingerprint density at radius 2 is 1.83 bits per heavy atom. The van der Waals surface area contributed by atoms with E-state index in [2.05, 4.69) is 0 Å². The van der Waals surface area contributed by atoms with Gasteiger partial charge >= 0.3 is 0 Å². The summed E-state index contributed by atoms with van der Waals surface area (Å²) in [5.74, 6) is -1.07. The summed E-state index contributed by atoms with van der Waals surface area (Å²) < 4.78 is 29.3. The third-order valence-corrected chi connectivity index (χ3v) is 6.80. The number of hydrogen-bond donors (Lipinski definition) is 3. The Morgan fingerprint density at radius 3 is 2.53 bits per heavy atom. The van der Waals surface area contributed by atoms with E-state index in [0.29, 0.717) is 12.6 Å². The fourth-order valence-electron chi connectivity index (χ4n) is 3.05. The van der Waals surface area contributed by atoms with Crippen LogP contribution in [0, 0.1) is 0 Å². The lowest BCUT2D eigenvalue weighted by atomic mass is 10.1. The Balaban J connectivity index is 2.00. The number of hydrogen-bond acceptors (Lipinski definition) is 8. The average Bonchev–Trinajstić information content (AvgIpc) is 2.70. The lowest BCUT2D eigenvalue weighted by Crippen LogP contribution is -2.06. The first-order valence-corrected chi connectivity index (χ1v) is 11.4. The molecular weight excluding hydrogens is 411 g/mol. The minimum Gasteiger partial charge on any atom is -0.508 e. The zero-order valence-electron chi connectivity index (χ0n) is 16.6. The summed E-state index contributed by atoms with van der Waals surface area (Å²) in [7, 11) is -3.03. The number of fused-ring (bicyclic) bond motifs is 1. The van der Waals surface area contributed by atoms with Gasteiger partial charge in [-0.05, 0) is 43.7 Å². The summed E-state index contributed by atoms with van der Waals surface area (Å²) in [4.78, 5) is 12.5. The molecule has 0 spiro atoms. The molecule has 0 bridgehead atoms. The predicted octanol–water partition coefficient (Wildman–Crippen LogP) is 4.64. The van der Waals surface area contributed by atoms with Crippen LogP contribution in [-0.2, 0) is 9.09 Å². The largest absolute Gasteiger partial charge is 0.508 e. The van der Waals surface area contributed by atoms with Gasteiger partial charge in [0.05, 0.1) is 12.0 Å². The van der Waals surface area contributed by atoms with Gasteiger partial charge in [-0.25, -0.2) is 0 Å². The number of phenols is 2. The molecule has 9 heteroatoms. The van der Waals surface area contributed by atoms with Crippen LogP contribution in [-0.4, -0.2) is 34.4 Å². The van der Waals surface area contributed by atoms with Gasteiger partial charge < -0.3 is 29.0 Å². The Labute approximate surface area is 172 Å². The van der Waals surface area contributed by atoms with Crippen molar-refractivity contribution in [3.8, 4) is 34.3 Å². The predicted molar refractivity (Wildman–Crippen MR) is 113 cm³/mol. The van der Waals surface area contributed by atoms with Crippen molar-refractivity contribution in [1.29, 1.82) is 0 Å². The summed E-state index contributed by atoms with van der Waals surface area (Å²) in [6.45, 7) is 3.89. The van der Waals surface area contributed by atoms with Crippen molar-refractivity contribution in [3.63, 3.8) is 0 Å². The fraction of sp³-hybridized carbons (Fsp3) is 0.286. The van der Waals surface area contributed by atoms with Crippen LogP contribution in [0.3, 0.4) is 0 Å². The van der Waals surface area contributed by atoms with Crippen LogP contribution < -0.4 is 10.2 Å². The molecule has 0 fully saturated rings. The van der Waals surface area contributed by atoms with Crippen molar-refractivity contribution >= 4 is 18.3 Å². The number of ether oxygens (including phenoxy) is 1. The molecule has 0 amide bonds. The molecule has 0 radical (unpaired) electrons.